The van der Waals surface area contributed by atoms with E-state index in [-0.39, 0.29) is 6.04 Å². The van der Waals surface area contributed by atoms with Crippen LogP contribution in [0.25, 0.3) is 0 Å². The minimum Gasteiger partial charge on any atom is -0.480 e. The summed E-state index contributed by atoms with van der Waals surface area (Å²) in [6.07, 6.45) is 8.87. The third-order valence-electron chi connectivity index (χ3n) is 4.90. The molecule has 4 heteroatoms. The van der Waals surface area contributed by atoms with Crippen LogP contribution in [-0.4, -0.2) is 47.2 Å². The molecule has 2 aliphatic rings. The van der Waals surface area contributed by atoms with Crippen LogP contribution >= 0.6 is 0 Å². The Morgan fingerprint density at radius 3 is 2.55 bits per heavy atom. The number of hydrogen-bond donors (Lipinski definition) is 2. The molecule has 2 N–H and O–H groups in total. The molecular weight excluding hydrogens is 252 g/mol. The van der Waals surface area contributed by atoms with Crippen LogP contribution < -0.4 is 5.32 Å². The molecule has 2 fully saturated rings. The van der Waals surface area contributed by atoms with Crippen molar-refractivity contribution in [2.24, 2.45) is 5.92 Å². The second kappa shape index (κ2) is 7.41. The van der Waals surface area contributed by atoms with Gasteiger partial charge in [0, 0.05) is 18.6 Å². The monoisotopic (exact) mass is 282 g/mol. The number of carbonyl (C=O) groups is 1. The predicted octanol–water partition coefficient (Wildman–Crippen LogP) is 2.48. The van der Waals surface area contributed by atoms with Crippen LogP contribution in [0.3, 0.4) is 0 Å². The highest BCUT2D eigenvalue weighted by atomic mass is 16.4. The maximum absolute atomic E-state index is 11.3. The summed E-state index contributed by atoms with van der Waals surface area (Å²) in [6, 6.07) is 0.547. The molecule has 1 saturated heterocycles. The molecule has 0 spiro atoms. The van der Waals surface area contributed by atoms with Crippen LogP contribution in [0.15, 0.2) is 0 Å². The molecule has 0 amide bonds. The highest BCUT2D eigenvalue weighted by molar-refractivity contribution is 5.73. The molecule has 0 aromatic carbocycles. The zero-order chi connectivity index (χ0) is 14.5. The van der Waals surface area contributed by atoms with E-state index in [4.69, 9.17) is 0 Å². The fraction of sp³-hybridized carbons (Fsp3) is 0.938. The Hall–Kier alpha value is -0.610. The zero-order valence-electron chi connectivity index (χ0n) is 13.0. The van der Waals surface area contributed by atoms with E-state index in [2.05, 4.69) is 10.2 Å². The number of hydrogen-bond acceptors (Lipinski definition) is 3. The van der Waals surface area contributed by atoms with Gasteiger partial charge in [-0.1, -0.05) is 26.7 Å². The SMILES string of the molecule is CC(C)NC(CCN1CCCC1C1CCCC1)C(=O)O. The first-order chi connectivity index (χ1) is 9.58. The Labute approximate surface area is 122 Å². The third kappa shape index (κ3) is 4.19. The summed E-state index contributed by atoms with van der Waals surface area (Å²) < 4.78 is 0. The van der Waals surface area contributed by atoms with Crippen molar-refractivity contribution in [1.29, 1.82) is 0 Å². The Balaban J connectivity index is 1.83. The van der Waals surface area contributed by atoms with Crippen LogP contribution in [0.4, 0.5) is 0 Å². The highest BCUT2D eigenvalue weighted by Crippen LogP contribution is 2.35. The van der Waals surface area contributed by atoms with E-state index >= 15 is 0 Å². The van der Waals surface area contributed by atoms with Gasteiger partial charge in [-0.05, 0) is 44.6 Å². The number of aliphatic carboxylic acids is 1. The van der Waals surface area contributed by atoms with Crippen molar-refractivity contribution < 1.29 is 9.90 Å². The topological polar surface area (TPSA) is 52.6 Å². The average molecular weight is 282 g/mol. The Morgan fingerprint density at radius 2 is 1.95 bits per heavy atom. The van der Waals surface area contributed by atoms with E-state index in [1.54, 1.807) is 0 Å². The first-order valence-corrected chi connectivity index (χ1v) is 8.31. The molecule has 1 aliphatic carbocycles. The smallest absolute Gasteiger partial charge is 0.320 e. The molecule has 0 radical (unpaired) electrons. The first-order valence-electron chi connectivity index (χ1n) is 8.31. The first kappa shape index (κ1) is 15.8. The molecule has 1 aliphatic heterocycles. The van der Waals surface area contributed by atoms with E-state index in [0.29, 0.717) is 0 Å². The zero-order valence-corrected chi connectivity index (χ0v) is 13.0. The van der Waals surface area contributed by atoms with Gasteiger partial charge in [0.15, 0.2) is 0 Å². The van der Waals surface area contributed by atoms with E-state index in [1.165, 1.54) is 38.5 Å². The lowest BCUT2D eigenvalue weighted by Gasteiger charge is -2.30. The van der Waals surface area contributed by atoms with Crippen molar-refractivity contribution >= 4 is 5.97 Å². The second-order valence-electron chi connectivity index (χ2n) is 6.79. The largest absolute Gasteiger partial charge is 0.480 e. The molecule has 2 rings (SSSR count). The van der Waals surface area contributed by atoms with Gasteiger partial charge in [0.25, 0.3) is 0 Å². The molecule has 116 valence electrons. The lowest BCUT2D eigenvalue weighted by atomic mass is 9.96. The third-order valence-corrected chi connectivity index (χ3v) is 4.90. The molecule has 0 aromatic heterocycles. The summed E-state index contributed by atoms with van der Waals surface area (Å²) in [6.45, 7) is 6.10. The van der Waals surface area contributed by atoms with Gasteiger partial charge in [0.1, 0.15) is 6.04 Å². The number of nitrogens with one attached hydrogen (secondary N) is 1. The van der Waals surface area contributed by atoms with Gasteiger partial charge in [-0.25, -0.2) is 0 Å². The summed E-state index contributed by atoms with van der Waals surface area (Å²) in [5.41, 5.74) is 0. The van der Waals surface area contributed by atoms with Crippen LogP contribution in [0.5, 0.6) is 0 Å². The molecule has 0 aromatic rings. The van der Waals surface area contributed by atoms with Crippen molar-refractivity contribution in [3.8, 4) is 0 Å². The summed E-state index contributed by atoms with van der Waals surface area (Å²) in [7, 11) is 0. The van der Waals surface area contributed by atoms with Gasteiger partial charge < -0.3 is 15.3 Å². The van der Waals surface area contributed by atoms with E-state index in [0.717, 1.165) is 31.5 Å². The number of nitrogens with zero attached hydrogens (tertiary/aromatic N) is 1. The molecule has 2 unspecified atom stereocenters. The van der Waals surface area contributed by atoms with Gasteiger partial charge in [0.05, 0.1) is 0 Å². The predicted molar refractivity (Wildman–Crippen MR) is 80.9 cm³/mol. The summed E-state index contributed by atoms with van der Waals surface area (Å²) in [5, 5.41) is 12.5. The Morgan fingerprint density at radius 1 is 1.25 bits per heavy atom. The highest BCUT2D eigenvalue weighted by Gasteiger charge is 2.33. The normalized spacial score (nSPS) is 26.4. The molecule has 1 heterocycles. The van der Waals surface area contributed by atoms with Crippen molar-refractivity contribution in [1.82, 2.24) is 10.2 Å². The van der Waals surface area contributed by atoms with E-state index in [1.807, 2.05) is 13.8 Å². The molecular formula is C16H30N2O2. The number of carboxylic acids is 1. The van der Waals surface area contributed by atoms with Crippen LogP contribution in [0, 0.1) is 5.92 Å². The summed E-state index contributed by atoms with van der Waals surface area (Å²) >= 11 is 0. The van der Waals surface area contributed by atoms with Crippen LogP contribution in [-0.2, 0) is 4.79 Å². The molecule has 20 heavy (non-hydrogen) atoms. The maximum Gasteiger partial charge on any atom is 0.320 e. The molecule has 2 atom stereocenters. The van der Waals surface area contributed by atoms with Gasteiger partial charge in [-0.2, -0.15) is 0 Å². The summed E-state index contributed by atoms with van der Waals surface area (Å²) in [5.74, 6) is 0.161. The second-order valence-corrected chi connectivity index (χ2v) is 6.79. The van der Waals surface area contributed by atoms with Gasteiger partial charge in [0.2, 0.25) is 0 Å². The van der Waals surface area contributed by atoms with Crippen molar-refractivity contribution in [2.45, 2.75) is 76.9 Å². The Bertz CT molecular complexity index is 314. The van der Waals surface area contributed by atoms with E-state index < -0.39 is 12.0 Å². The van der Waals surface area contributed by atoms with Gasteiger partial charge >= 0.3 is 5.97 Å². The van der Waals surface area contributed by atoms with Gasteiger partial charge in [-0.3, -0.25) is 4.79 Å². The lowest BCUT2D eigenvalue weighted by Crippen LogP contribution is -2.44. The fourth-order valence-electron chi connectivity index (χ4n) is 3.98. The maximum atomic E-state index is 11.3. The average Bonchev–Trinajstić information content (AvgIpc) is 3.03. The fourth-order valence-corrected chi connectivity index (χ4v) is 3.98. The van der Waals surface area contributed by atoms with Crippen molar-refractivity contribution in [3.63, 3.8) is 0 Å². The lowest BCUT2D eigenvalue weighted by molar-refractivity contribution is -0.140. The molecule has 1 saturated carbocycles. The number of carboxylic acid groups (broad SMARTS) is 1. The minimum atomic E-state index is -0.713. The summed E-state index contributed by atoms with van der Waals surface area (Å²) in [4.78, 5) is 13.9. The standard InChI is InChI=1S/C16H30N2O2/c1-12(2)17-14(16(19)20)9-11-18-10-5-8-15(18)13-6-3-4-7-13/h12-15,17H,3-11H2,1-2H3,(H,19,20). The quantitative estimate of drug-likeness (QED) is 0.753. The van der Waals surface area contributed by atoms with Crippen molar-refractivity contribution in [2.75, 3.05) is 13.1 Å². The van der Waals surface area contributed by atoms with Gasteiger partial charge in [-0.15, -0.1) is 0 Å². The van der Waals surface area contributed by atoms with Crippen LogP contribution in [0.1, 0.15) is 58.8 Å². The van der Waals surface area contributed by atoms with E-state index in [9.17, 15) is 9.90 Å². The van der Waals surface area contributed by atoms with Crippen molar-refractivity contribution in [3.05, 3.63) is 0 Å². The molecule has 4 nitrogen and oxygen atoms in total. The number of likely N-dealkylation sites (tertiary alicyclic amines) is 1. The van der Waals surface area contributed by atoms with Crippen LogP contribution in [0.2, 0.25) is 0 Å². The Kier molecular flexibility index (Phi) is 5.85. The number of rotatable bonds is 7. The molecule has 0 bridgehead atoms. The minimum absolute atomic E-state index is 0.223.